The lowest BCUT2D eigenvalue weighted by atomic mass is 10.1. The van der Waals surface area contributed by atoms with Crippen LogP contribution in [-0.4, -0.2) is 17.5 Å². The van der Waals surface area contributed by atoms with Crippen molar-refractivity contribution in [3.8, 4) is 17.6 Å². The minimum absolute atomic E-state index is 0.0250. The number of phenolic OH excluding ortho intramolecular Hbond substituents is 1. The van der Waals surface area contributed by atoms with Crippen LogP contribution in [0.2, 0.25) is 0 Å². The Morgan fingerprint density at radius 2 is 2.17 bits per heavy atom. The summed E-state index contributed by atoms with van der Waals surface area (Å²) < 4.78 is 5.83. The highest BCUT2D eigenvalue weighted by Crippen LogP contribution is 2.35. The summed E-state index contributed by atoms with van der Waals surface area (Å²) in [6, 6.07) is 11.9. The summed E-state index contributed by atoms with van der Waals surface area (Å²) in [5.41, 5.74) is 1.60. The molecule has 1 N–H and O–H groups in total. The van der Waals surface area contributed by atoms with Crippen molar-refractivity contribution in [2.24, 2.45) is 0 Å². The Balaban J connectivity index is 2.25. The van der Waals surface area contributed by atoms with Crippen LogP contribution in [0.1, 0.15) is 28.4 Å². The Morgan fingerprint density at radius 3 is 2.87 bits per heavy atom. The second-order valence-electron chi connectivity index (χ2n) is 4.67. The van der Waals surface area contributed by atoms with E-state index < -0.39 is 0 Å². The van der Waals surface area contributed by atoms with Crippen molar-refractivity contribution < 1.29 is 14.6 Å². The summed E-state index contributed by atoms with van der Waals surface area (Å²) in [7, 11) is 0. The van der Waals surface area contributed by atoms with E-state index in [2.05, 4.69) is 15.9 Å². The normalized spacial score (nSPS) is 10.5. The minimum Gasteiger partial charge on any atom is -0.503 e. The number of nitrogens with zero attached hydrogens (tertiary/aromatic N) is 1. The molecule has 0 saturated carbocycles. The molecule has 0 spiro atoms. The van der Waals surface area contributed by atoms with Gasteiger partial charge in [-0.2, -0.15) is 5.26 Å². The smallest absolute Gasteiger partial charge is 0.185 e. The van der Waals surface area contributed by atoms with E-state index in [0.717, 1.165) is 0 Å². The van der Waals surface area contributed by atoms with Crippen molar-refractivity contribution >= 4 is 27.8 Å². The topological polar surface area (TPSA) is 70.3 Å². The lowest BCUT2D eigenvalue weighted by molar-refractivity contribution is 0.104. The summed E-state index contributed by atoms with van der Waals surface area (Å²) in [4.78, 5) is 12.2. The Labute approximate surface area is 142 Å². The zero-order valence-electron chi connectivity index (χ0n) is 12.4. The molecule has 5 heteroatoms. The molecule has 0 saturated heterocycles. The van der Waals surface area contributed by atoms with E-state index in [1.54, 1.807) is 42.5 Å². The van der Waals surface area contributed by atoms with Gasteiger partial charge in [0.2, 0.25) is 0 Å². The summed E-state index contributed by atoms with van der Waals surface area (Å²) in [6.45, 7) is 2.24. The predicted octanol–water partition coefficient (Wildman–Crippen LogP) is 4.32. The number of nitriles is 1. The molecule has 0 amide bonds. The average molecular weight is 372 g/mol. The van der Waals surface area contributed by atoms with Crippen LogP contribution in [-0.2, 0) is 0 Å². The quantitative estimate of drug-likeness (QED) is 0.627. The van der Waals surface area contributed by atoms with Crippen LogP contribution in [0.4, 0.5) is 0 Å². The third-order valence-corrected chi connectivity index (χ3v) is 3.66. The minimum atomic E-state index is -0.204. The molecule has 0 atom stereocenters. The number of allylic oxidation sites excluding steroid dienone is 1. The third-order valence-electron chi connectivity index (χ3n) is 3.05. The van der Waals surface area contributed by atoms with Gasteiger partial charge in [-0.05, 0) is 58.8 Å². The number of rotatable bonds is 5. The van der Waals surface area contributed by atoms with E-state index in [1.807, 2.05) is 13.0 Å². The first-order valence-electron chi connectivity index (χ1n) is 6.93. The molecule has 0 fully saturated rings. The molecule has 0 aliphatic heterocycles. The van der Waals surface area contributed by atoms with Crippen molar-refractivity contribution in [3.63, 3.8) is 0 Å². The molecule has 116 valence electrons. The van der Waals surface area contributed by atoms with Crippen LogP contribution < -0.4 is 4.74 Å². The molecular formula is C18H14BrNO3. The van der Waals surface area contributed by atoms with E-state index in [9.17, 15) is 9.90 Å². The molecule has 0 aliphatic rings. The fourth-order valence-corrected chi connectivity index (χ4v) is 2.43. The standard InChI is InChI=1S/C18H14BrNO3/c1-2-23-17-10-12(9-15(19)18(17)22)6-7-16(21)14-5-3-4-13(8-14)11-20/h3-10,22H,2H2,1H3. The summed E-state index contributed by atoms with van der Waals surface area (Å²) >= 11 is 3.25. The molecule has 4 nitrogen and oxygen atoms in total. The molecule has 0 aromatic heterocycles. The Kier molecular flexibility index (Phi) is 5.56. The fourth-order valence-electron chi connectivity index (χ4n) is 1.97. The lowest BCUT2D eigenvalue weighted by Gasteiger charge is -2.08. The molecule has 2 aromatic carbocycles. The molecule has 0 radical (unpaired) electrons. The van der Waals surface area contributed by atoms with E-state index in [1.165, 1.54) is 6.08 Å². The van der Waals surface area contributed by atoms with Gasteiger partial charge in [0.15, 0.2) is 17.3 Å². The number of carbonyl (C=O) groups excluding carboxylic acids is 1. The number of ether oxygens (including phenoxy) is 1. The van der Waals surface area contributed by atoms with Crippen LogP contribution in [0, 0.1) is 11.3 Å². The molecule has 0 aliphatic carbocycles. The van der Waals surface area contributed by atoms with Crippen molar-refractivity contribution in [2.45, 2.75) is 6.92 Å². The van der Waals surface area contributed by atoms with E-state index >= 15 is 0 Å². The van der Waals surface area contributed by atoms with E-state index in [-0.39, 0.29) is 11.5 Å². The molecular weight excluding hydrogens is 358 g/mol. The first kappa shape index (κ1) is 16.8. The SMILES string of the molecule is CCOc1cc(C=CC(=O)c2cccc(C#N)c2)cc(Br)c1O. The van der Waals surface area contributed by atoms with Gasteiger partial charge in [-0.15, -0.1) is 0 Å². The van der Waals surface area contributed by atoms with E-state index in [4.69, 9.17) is 10.00 Å². The highest BCUT2D eigenvalue weighted by molar-refractivity contribution is 9.10. The summed E-state index contributed by atoms with van der Waals surface area (Å²) in [6.07, 6.45) is 3.05. The van der Waals surface area contributed by atoms with Crippen molar-refractivity contribution in [1.82, 2.24) is 0 Å². The molecule has 0 bridgehead atoms. The van der Waals surface area contributed by atoms with Gasteiger partial charge < -0.3 is 9.84 Å². The van der Waals surface area contributed by atoms with Gasteiger partial charge in [-0.3, -0.25) is 4.79 Å². The first-order chi connectivity index (χ1) is 11.0. The molecule has 0 heterocycles. The first-order valence-corrected chi connectivity index (χ1v) is 7.72. The van der Waals surface area contributed by atoms with E-state index in [0.29, 0.717) is 33.5 Å². The Morgan fingerprint density at radius 1 is 1.39 bits per heavy atom. The summed E-state index contributed by atoms with van der Waals surface area (Å²) in [5, 5.41) is 18.7. The number of hydrogen-bond acceptors (Lipinski definition) is 4. The molecule has 2 aromatic rings. The highest BCUT2D eigenvalue weighted by Gasteiger charge is 2.08. The van der Waals surface area contributed by atoms with Gasteiger partial charge in [-0.25, -0.2) is 0 Å². The zero-order chi connectivity index (χ0) is 16.8. The molecule has 0 unspecified atom stereocenters. The lowest BCUT2D eigenvalue weighted by Crippen LogP contribution is -1.95. The molecule has 2 rings (SSSR count). The largest absolute Gasteiger partial charge is 0.503 e. The van der Waals surface area contributed by atoms with Gasteiger partial charge in [0.1, 0.15) is 0 Å². The van der Waals surface area contributed by atoms with Crippen molar-refractivity contribution in [2.75, 3.05) is 6.61 Å². The number of phenols is 1. The van der Waals surface area contributed by atoms with Crippen LogP contribution in [0.3, 0.4) is 0 Å². The maximum Gasteiger partial charge on any atom is 0.185 e. The fraction of sp³-hybridized carbons (Fsp3) is 0.111. The summed E-state index contributed by atoms with van der Waals surface area (Å²) in [5.74, 6) is 0.168. The van der Waals surface area contributed by atoms with Crippen molar-refractivity contribution in [3.05, 3.63) is 63.6 Å². The number of ketones is 1. The van der Waals surface area contributed by atoms with Crippen LogP contribution in [0.25, 0.3) is 6.08 Å². The monoisotopic (exact) mass is 371 g/mol. The van der Waals surface area contributed by atoms with Gasteiger partial charge in [-0.1, -0.05) is 18.2 Å². The average Bonchev–Trinajstić information content (AvgIpc) is 2.57. The van der Waals surface area contributed by atoms with Gasteiger partial charge in [0, 0.05) is 5.56 Å². The molecule has 23 heavy (non-hydrogen) atoms. The van der Waals surface area contributed by atoms with Gasteiger partial charge in [0.25, 0.3) is 0 Å². The number of halogens is 1. The highest BCUT2D eigenvalue weighted by atomic mass is 79.9. The van der Waals surface area contributed by atoms with Crippen LogP contribution in [0.5, 0.6) is 11.5 Å². The number of benzene rings is 2. The third kappa shape index (κ3) is 4.21. The maximum absolute atomic E-state index is 12.2. The number of carbonyl (C=O) groups is 1. The van der Waals surface area contributed by atoms with Crippen molar-refractivity contribution in [1.29, 1.82) is 5.26 Å². The van der Waals surface area contributed by atoms with Gasteiger partial charge in [0.05, 0.1) is 22.7 Å². The second-order valence-corrected chi connectivity index (χ2v) is 5.53. The van der Waals surface area contributed by atoms with Crippen LogP contribution in [0.15, 0.2) is 46.9 Å². The Bertz CT molecular complexity index is 806. The maximum atomic E-state index is 12.2. The Hall–Kier alpha value is -2.58. The van der Waals surface area contributed by atoms with Crippen LogP contribution >= 0.6 is 15.9 Å². The number of hydrogen-bond donors (Lipinski definition) is 1. The predicted molar refractivity (Wildman–Crippen MR) is 91.5 cm³/mol. The number of aromatic hydroxyl groups is 1. The second kappa shape index (κ2) is 7.61. The zero-order valence-corrected chi connectivity index (χ0v) is 14.0. The van der Waals surface area contributed by atoms with Gasteiger partial charge >= 0.3 is 0 Å².